The van der Waals surface area contributed by atoms with E-state index in [0.29, 0.717) is 24.4 Å². The lowest BCUT2D eigenvalue weighted by Crippen LogP contribution is -2.33. The predicted octanol–water partition coefficient (Wildman–Crippen LogP) is 0.304. The molecule has 1 aliphatic heterocycles. The van der Waals surface area contributed by atoms with E-state index in [9.17, 15) is 13.5 Å². The van der Waals surface area contributed by atoms with E-state index in [-0.39, 0.29) is 23.7 Å². The molecule has 0 radical (unpaired) electrons. The van der Waals surface area contributed by atoms with E-state index in [1.165, 1.54) is 0 Å². The monoisotopic (exact) mass is 303 g/mol. The summed E-state index contributed by atoms with van der Waals surface area (Å²) in [7, 11) is -3.71. The van der Waals surface area contributed by atoms with Crippen LogP contribution in [0.25, 0.3) is 0 Å². The van der Waals surface area contributed by atoms with Crippen LogP contribution in [-0.2, 0) is 21.4 Å². The fourth-order valence-electron chi connectivity index (χ4n) is 2.50. The lowest BCUT2D eigenvalue weighted by Gasteiger charge is -2.17. The first-order chi connectivity index (χ1) is 9.49. The molecule has 1 saturated heterocycles. The first-order valence-corrected chi connectivity index (χ1v) is 8.23. The largest absolute Gasteiger partial charge is 0.392 e. The van der Waals surface area contributed by atoms with Gasteiger partial charge in [0.2, 0.25) is 0 Å². The van der Waals surface area contributed by atoms with E-state index < -0.39 is 10.0 Å². The third-order valence-electron chi connectivity index (χ3n) is 3.73. The molecule has 0 aromatic carbocycles. The van der Waals surface area contributed by atoms with Gasteiger partial charge in [-0.2, -0.15) is 5.10 Å². The molecule has 3 N–H and O–H groups in total. The lowest BCUT2D eigenvalue weighted by molar-refractivity contribution is 0.0884. The normalized spacial score (nSPS) is 23.4. The highest BCUT2D eigenvalue weighted by molar-refractivity contribution is 7.89. The second-order valence-electron chi connectivity index (χ2n) is 5.01. The Morgan fingerprint density at radius 3 is 2.95 bits per heavy atom. The molecule has 2 heterocycles. The maximum Gasteiger partial charge on any atom is 0.260 e. The van der Waals surface area contributed by atoms with E-state index in [1.54, 1.807) is 6.92 Å². The molecular weight excluding hydrogens is 282 g/mol. The highest BCUT2D eigenvalue weighted by Crippen LogP contribution is 2.23. The number of hydrogen-bond acceptors (Lipinski definition) is 5. The molecule has 8 heteroatoms. The molecule has 1 fully saturated rings. The number of aliphatic hydroxyl groups is 1. The van der Waals surface area contributed by atoms with Crippen molar-refractivity contribution in [3.8, 4) is 0 Å². The van der Waals surface area contributed by atoms with Gasteiger partial charge in [0.25, 0.3) is 10.0 Å². The third-order valence-corrected chi connectivity index (χ3v) is 5.13. The van der Waals surface area contributed by atoms with Gasteiger partial charge >= 0.3 is 0 Å². The number of H-pyrrole nitrogens is 1. The highest BCUT2D eigenvalue weighted by atomic mass is 32.2. The molecule has 0 spiro atoms. The Kier molecular flexibility index (Phi) is 4.79. The van der Waals surface area contributed by atoms with Gasteiger partial charge in [0.15, 0.2) is 5.03 Å². The summed E-state index contributed by atoms with van der Waals surface area (Å²) < 4.78 is 32.6. The zero-order valence-corrected chi connectivity index (χ0v) is 12.5. The van der Waals surface area contributed by atoms with Crippen molar-refractivity contribution in [3.05, 3.63) is 11.3 Å². The van der Waals surface area contributed by atoms with E-state index >= 15 is 0 Å². The molecule has 1 aromatic heterocycles. The number of aryl methyl sites for hydroxylation is 1. The van der Waals surface area contributed by atoms with Crippen molar-refractivity contribution in [3.63, 3.8) is 0 Å². The van der Waals surface area contributed by atoms with Gasteiger partial charge < -0.3 is 9.84 Å². The minimum absolute atomic E-state index is 0.107. The summed E-state index contributed by atoms with van der Waals surface area (Å²) in [6.45, 7) is 4.35. The Labute approximate surface area is 118 Å². The van der Waals surface area contributed by atoms with Crippen molar-refractivity contribution in [1.29, 1.82) is 0 Å². The van der Waals surface area contributed by atoms with E-state index in [0.717, 1.165) is 12.8 Å². The standard InChI is InChI=1S/C12H21N3O4S/c1-3-11-9(4-5-19-11)6-13-20(17,18)12-10(7-16)8(2)14-15-12/h9,11,13,16H,3-7H2,1-2H3,(H,14,15). The lowest BCUT2D eigenvalue weighted by atomic mass is 10.0. The van der Waals surface area contributed by atoms with Gasteiger partial charge in [-0.05, 0) is 19.8 Å². The summed E-state index contributed by atoms with van der Waals surface area (Å²) in [4.78, 5) is 0. The average molecular weight is 303 g/mol. The fraction of sp³-hybridized carbons (Fsp3) is 0.750. The van der Waals surface area contributed by atoms with Gasteiger partial charge in [-0.15, -0.1) is 0 Å². The van der Waals surface area contributed by atoms with Crippen LogP contribution >= 0.6 is 0 Å². The van der Waals surface area contributed by atoms with Crippen molar-refractivity contribution in [2.45, 2.75) is 44.4 Å². The molecule has 0 aliphatic carbocycles. The summed E-state index contributed by atoms with van der Waals surface area (Å²) in [5.41, 5.74) is 0.871. The molecule has 0 bridgehead atoms. The van der Waals surface area contributed by atoms with Gasteiger partial charge in [0.1, 0.15) is 0 Å². The van der Waals surface area contributed by atoms with Gasteiger partial charge in [-0.1, -0.05) is 6.92 Å². The van der Waals surface area contributed by atoms with E-state index in [4.69, 9.17) is 4.74 Å². The Hall–Kier alpha value is -0.960. The number of aromatic amines is 1. The Bertz CT molecular complexity index is 555. The number of nitrogens with zero attached hydrogens (tertiary/aromatic N) is 1. The van der Waals surface area contributed by atoms with Crippen molar-refractivity contribution in [2.24, 2.45) is 5.92 Å². The van der Waals surface area contributed by atoms with Crippen molar-refractivity contribution < 1.29 is 18.3 Å². The van der Waals surface area contributed by atoms with Gasteiger partial charge in [0, 0.05) is 30.3 Å². The first-order valence-electron chi connectivity index (χ1n) is 6.75. The number of aromatic nitrogens is 2. The minimum Gasteiger partial charge on any atom is -0.392 e. The van der Waals surface area contributed by atoms with Crippen molar-refractivity contribution in [1.82, 2.24) is 14.9 Å². The maximum atomic E-state index is 12.2. The number of hydrogen-bond donors (Lipinski definition) is 3. The summed E-state index contributed by atoms with van der Waals surface area (Å²) in [6.07, 6.45) is 1.83. The zero-order valence-electron chi connectivity index (χ0n) is 11.7. The Balaban J connectivity index is 2.07. The Morgan fingerprint density at radius 1 is 1.55 bits per heavy atom. The Morgan fingerprint density at radius 2 is 2.30 bits per heavy atom. The number of sulfonamides is 1. The van der Waals surface area contributed by atoms with Gasteiger partial charge in [0.05, 0.1) is 12.7 Å². The molecule has 2 rings (SSSR count). The van der Waals surface area contributed by atoms with Crippen molar-refractivity contribution >= 4 is 10.0 Å². The minimum atomic E-state index is -3.71. The van der Waals surface area contributed by atoms with Crippen LogP contribution in [0.3, 0.4) is 0 Å². The maximum absolute atomic E-state index is 12.2. The van der Waals surface area contributed by atoms with Gasteiger partial charge in [-0.25, -0.2) is 13.1 Å². The molecule has 0 amide bonds. The average Bonchev–Trinajstić information content (AvgIpc) is 3.02. The second kappa shape index (κ2) is 6.21. The number of nitrogens with one attached hydrogen (secondary N) is 2. The molecule has 20 heavy (non-hydrogen) atoms. The number of ether oxygens (including phenoxy) is 1. The quantitative estimate of drug-likeness (QED) is 0.701. The molecule has 2 unspecified atom stereocenters. The molecule has 0 saturated carbocycles. The van der Waals surface area contributed by atoms with Crippen LogP contribution in [0.2, 0.25) is 0 Å². The van der Waals surface area contributed by atoms with Gasteiger partial charge in [-0.3, -0.25) is 5.10 Å². The van der Waals surface area contributed by atoms with E-state index in [1.807, 2.05) is 6.92 Å². The number of rotatable bonds is 6. The summed E-state index contributed by atoms with van der Waals surface area (Å²) in [6, 6.07) is 0. The van der Waals surface area contributed by atoms with Crippen LogP contribution in [0, 0.1) is 12.8 Å². The van der Waals surface area contributed by atoms with Crippen molar-refractivity contribution in [2.75, 3.05) is 13.2 Å². The van der Waals surface area contributed by atoms with Crippen LogP contribution < -0.4 is 4.72 Å². The number of aliphatic hydroxyl groups excluding tert-OH is 1. The molecule has 7 nitrogen and oxygen atoms in total. The first kappa shape index (κ1) is 15.4. The van der Waals surface area contributed by atoms with Crippen LogP contribution in [0.1, 0.15) is 31.0 Å². The molecule has 114 valence electrons. The highest BCUT2D eigenvalue weighted by Gasteiger charge is 2.30. The van der Waals surface area contributed by atoms with E-state index in [2.05, 4.69) is 14.9 Å². The van der Waals surface area contributed by atoms with Crippen LogP contribution in [0.15, 0.2) is 5.03 Å². The van der Waals surface area contributed by atoms with Crippen LogP contribution in [0.4, 0.5) is 0 Å². The van der Waals surface area contributed by atoms with Crippen LogP contribution in [-0.4, -0.2) is 43.0 Å². The second-order valence-corrected chi connectivity index (χ2v) is 6.69. The molecule has 1 aliphatic rings. The zero-order chi connectivity index (χ0) is 14.8. The predicted molar refractivity (Wildman–Crippen MR) is 72.6 cm³/mol. The summed E-state index contributed by atoms with van der Waals surface area (Å²) in [5, 5.41) is 15.5. The molecule has 2 atom stereocenters. The summed E-state index contributed by atoms with van der Waals surface area (Å²) >= 11 is 0. The summed E-state index contributed by atoms with van der Waals surface area (Å²) in [5.74, 6) is 0.187. The van der Waals surface area contributed by atoms with Crippen LogP contribution in [0.5, 0.6) is 0 Å². The fourth-order valence-corrected chi connectivity index (χ4v) is 3.78. The molecule has 1 aromatic rings. The topological polar surface area (TPSA) is 104 Å². The third kappa shape index (κ3) is 3.03. The smallest absolute Gasteiger partial charge is 0.260 e. The molecular formula is C12H21N3O4S. The SMILES string of the molecule is CCC1OCCC1CNS(=O)(=O)c1n[nH]c(C)c1CO.